The minimum atomic E-state index is -0.318. The van der Waals surface area contributed by atoms with Crippen molar-refractivity contribution in [3.05, 3.63) is 89.7 Å². The highest BCUT2D eigenvalue weighted by Gasteiger charge is 2.08. The van der Waals surface area contributed by atoms with Crippen molar-refractivity contribution >= 4 is 17.5 Å². The summed E-state index contributed by atoms with van der Waals surface area (Å²) in [5.74, 6) is 0.505. The van der Waals surface area contributed by atoms with Crippen molar-refractivity contribution in [1.82, 2.24) is 5.32 Å². The molecule has 29 heavy (non-hydrogen) atoms. The molecule has 0 radical (unpaired) electrons. The predicted molar refractivity (Wildman–Crippen MR) is 109 cm³/mol. The zero-order chi connectivity index (χ0) is 20.6. The maximum absolute atomic E-state index is 12.9. The van der Waals surface area contributed by atoms with Crippen molar-refractivity contribution in [2.45, 2.75) is 19.9 Å². The van der Waals surface area contributed by atoms with Gasteiger partial charge in [-0.25, -0.2) is 4.39 Å². The van der Waals surface area contributed by atoms with E-state index < -0.39 is 0 Å². The molecule has 2 amide bonds. The molecule has 3 aromatic carbocycles. The fourth-order valence-corrected chi connectivity index (χ4v) is 2.59. The number of ether oxygens (including phenoxy) is 1. The second kappa shape index (κ2) is 9.50. The highest BCUT2D eigenvalue weighted by molar-refractivity contribution is 5.97. The van der Waals surface area contributed by atoms with E-state index in [1.165, 1.54) is 12.1 Å². The number of rotatable bonds is 7. The van der Waals surface area contributed by atoms with Crippen LogP contribution in [0, 0.1) is 5.82 Å². The lowest BCUT2D eigenvalue weighted by Crippen LogP contribution is -2.23. The molecule has 3 rings (SSSR count). The van der Waals surface area contributed by atoms with Gasteiger partial charge in [0.15, 0.2) is 0 Å². The zero-order valence-electron chi connectivity index (χ0n) is 15.9. The van der Waals surface area contributed by atoms with Crippen LogP contribution in [-0.2, 0) is 11.3 Å². The topological polar surface area (TPSA) is 67.4 Å². The van der Waals surface area contributed by atoms with Gasteiger partial charge in [0.2, 0.25) is 5.91 Å². The van der Waals surface area contributed by atoms with Crippen LogP contribution in [-0.4, -0.2) is 11.8 Å². The van der Waals surface area contributed by atoms with E-state index in [1.807, 2.05) is 12.1 Å². The number of halogens is 1. The van der Waals surface area contributed by atoms with Crippen LogP contribution in [0.2, 0.25) is 0 Å². The van der Waals surface area contributed by atoms with Crippen molar-refractivity contribution in [2.75, 3.05) is 5.32 Å². The third-order valence-electron chi connectivity index (χ3n) is 4.16. The quantitative estimate of drug-likeness (QED) is 0.601. The van der Waals surface area contributed by atoms with Crippen LogP contribution in [0.15, 0.2) is 72.8 Å². The van der Waals surface area contributed by atoms with Gasteiger partial charge < -0.3 is 15.4 Å². The molecule has 0 spiro atoms. The van der Waals surface area contributed by atoms with Crippen LogP contribution in [0.4, 0.5) is 10.1 Å². The maximum Gasteiger partial charge on any atom is 0.251 e. The molecule has 0 saturated heterocycles. The summed E-state index contributed by atoms with van der Waals surface area (Å²) in [6.45, 7) is 2.11. The Morgan fingerprint density at radius 3 is 2.24 bits per heavy atom. The summed E-state index contributed by atoms with van der Waals surface area (Å²) in [5, 5.41) is 5.59. The second-order valence-corrected chi connectivity index (χ2v) is 6.37. The Bertz CT molecular complexity index is 986. The van der Waals surface area contributed by atoms with Crippen LogP contribution < -0.4 is 15.4 Å². The van der Waals surface area contributed by atoms with Crippen molar-refractivity contribution in [3.8, 4) is 11.5 Å². The fraction of sp³-hybridized carbons (Fsp3) is 0.130. The molecular formula is C23H21FN2O3. The average molecular weight is 392 g/mol. The van der Waals surface area contributed by atoms with Crippen molar-refractivity contribution < 1.29 is 18.7 Å². The Kier molecular flexibility index (Phi) is 6.58. The van der Waals surface area contributed by atoms with Crippen LogP contribution in [0.1, 0.15) is 29.3 Å². The second-order valence-electron chi connectivity index (χ2n) is 6.37. The summed E-state index contributed by atoms with van der Waals surface area (Å²) in [6, 6.07) is 19.8. The molecule has 0 saturated carbocycles. The first-order valence-corrected chi connectivity index (χ1v) is 9.24. The van der Waals surface area contributed by atoms with E-state index >= 15 is 0 Å². The van der Waals surface area contributed by atoms with Crippen molar-refractivity contribution in [2.24, 2.45) is 0 Å². The fourth-order valence-electron chi connectivity index (χ4n) is 2.59. The molecule has 0 aliphatic carbocycles. The van der Waals surface area contributed by atoms with E-state index in [4.69, 9.17) is 4.74 Å². The summed E-state index contributed by atoms with van der Waals surface area (Å²) >= 11 is 0. The van der Waals surface area contributed by atoms with E-state index in [-0.39, 0.29) is 17.6 Å². The maximum atomic E-state index is 12.9. The first-order valence-electron chi connectivity index (χ1n) is 9.24. The molecule has 5 nitrogen and oxygen atoms in total. The summed E-state index contributed by atoms with van der Waals surface area (Å²) in [4.78, 5) is 23.9. The van der Waals surface area contributed by atoms with Gasteiger partial charge in [0.25, 0.3) is 5.91 Å². The number of nitrogens with one attached hydrogen (secondary N) is 2. The zero-order valence-corrected chi connectivity index (χ0v) is 15.9. The van der Waals surface area contributed by atoms with Gasteiger partial charge in [-0.3, -0.25) is 9.59 Å². The SMILES string of the molecule is CCC(=O)Nc1cccc(C(=O)NCc2ccc(Oc3ccc(F)cc3)cc2)c1. The van der Waals surface area contributed by atoms with E-state index in [0.717, 1.165) is 5.56 Å². The van der Waals surface area contributed by atoms with Gasteiger partial charge in [-0.15, -0.1) is 0 Å². The van der Waals surface area contributed by atoms with Crippen molar-refractivity contribution in [3.63, 3.8) is 0 Å². The van der Waals surface area contributed by atoms with E-state index in [2.05, 4.69) is 10.6 Å². The van der Waals surface area contributed by atoms with Gasteiger partial charge in [-0.2, -0.15) is 0 Å². The molecule has 3 aromatic rings. The number of anilines is 1. The molecule has 0 aromatic heterocycles. The lowest BCUT2D eigenvalue weighted by atomic mass is 10.1. The Hall–Kier alpha value is -3.67. The van der Waals surface area contributed by atoms with Gasteiger partial charge >= 0.3 is 0 Å². The lowest BCUT2D eigenvalue weighted by molar-refractivity contribution is -0.115. The smallest absolute Gasteiger partial charge is 0.251 e. The number of hydrogen-bond acceptors (Lipinski definition) is 3. The lowest BCUT2D eigenvalue weighted by Gasteiger charge is -2.09. The predicted octanol–water partition coefficient (Wildman–Crippen LogP) is 4.90. The third kappa shape index (κ3) is 5.90. The summed E-state index contributed by atoms with van der Waals surface area (Å²) in [5.41, 5.74) is 1.96. The van der Waals surface area contributed by atoms with E-state index in [1.54, 1.807) is 55.5 Å². The molecule has 2 N–H and O–H groups in total. The molecule has 0 aliphatic rings. The Balaban J connectivity index is 1.55. The molecule has 6 heteroatoms. The van der Waals surface area contributed by atoms with Gasteiger partial charge in [0, 0.05) is 24.2 Å². The molecular weight excluding hydrogens is 371 g/mol. The molecule has 0 atom stereocenters. The number of amides is 2. The monoisotopic (exact) mass is 392 g/mol. The number of carbonyl (C=O) groups is 2. The summed E-state index contributed by atoms with van der Waals surface area (Å²) in [7, 11) is 0. The number of benzene rings is 3. The van der Waals surface area contributed by atoms with Gasteiger partial charge in [-0.05, 0) is 60.2 Å². The van der Waals surface area contributed by atoms with Gasteiger partial charge in [0.05, 0.1) is 0 Å². The van der Waals surface area contributed by atoms with Crippen molar-refractivity contribution in [1.29, 1.82) is 0 Å². The largest absolute Gasteiger partial charge is 0.457 e. The van der Waals surface area contributed by atoms with Crippen LogP contribution in [0.3, 0.4) is 0 Å². The van der Waals surface area contributed by atoms with Crippen LogP contribution in [0.25, 0.3) is 0 Å². The first kappa shape index (κ1) is 20.1. The summed E-state index contributed by atoms with van der Waals surface area (Å²) in [6.07, 6.45) is 0.372. The van der Waals surface area contributed by atoms with Gasteiger partial charge in [0.1, 0.15) is 17.3 Å². The molecule has 148 valence electrons. The average Bonchev–Trinajstić information content (AvgIpc) is 2.74. The first-order chi connectivity index (χ1) is 14.0. The molecule has 0 aliphatic heterocycles. The Morgan fingerprint density at radius 2 is 1.59 bits per heavy atom. The molecule has 0 fully saturated rings. The molecule has 0 unspecified atom stereocenters. The molecule has 0 heterocycles. The minimum Gasteiger partial charge on any atom is -0.457 e. The minimum absolute atomic E-state index is 0.106. The standard InChI is InChI=1S/C23H21FN2O3/c1-2-22(27)26-19-5-3-4-17(14-19)23(28)25-15-16-6-10-20(11-7-16)29-21-12-8-18(24)9-13-21/h3-14H,2,15H2,1H3,(H,25,28)(H,26,27). The Labute approximate surface area is 168 Å². The molecule has 0 bridgehead atoms. The van der Waals surface area contributed by atoms with E-state index in [9.17, 15) is 14.0 Å². The van der Waals surface area contributed by atoms with E-state index in [0.29, 0.717) is 35.7 Å². The van der Waals surface area contributed by atoms with Crippen LogP contribution in [0.5, 0.6) is 11.5 Å². The Morgan fingerprint density at radius 1 is 0.931 bits per heavy atom. The highest BCUT2D eigenvalue weighted by atomic mass is 19.1. The number of carbonyl (C=O) groups excluding carboxylic acids is 2. The normalized spacial score (nSPS) is 10.3. The highest BCUT2D eigenvalue weighted by Crippen LogP contribution is 2.22. The van der Waals surface area contributed by atoms with Gasteiger partial charge in [-0.1, -0.05) is 25.1 Å². The summed E-state index contributed by atoms with van der Waals surface area (Å²) < 4.78 is 18.6. The van der Waals surface area contributed by atoms with Crippen LogP contribution >= 0.6 is 0 Å². The number of hydrogen-bond donors (Lipinski definition) is 2. The third-order valence-corrected chi connectivity index (χ3v) is 4.16.